The first-order valence-electron chi connectivity index (χ1n) is 9.35. The molecule has 2 rings (SSSR count). The first kappa shape index (κ1) is 21.2. The van der Waals surface area contributed by atoms with Gasteiger partial charge in [0.15, 0.2) is 5.96 Å². The summed E-state index contributed by atoms with van der Waals surface area (Å²) in [4.78, 5) is 6.12. The molecule has 2 N–H and O–H groups in total. The smallest absolute Gasteiger partial charge is 0.213 e. The van der Waals surface area contributed by atoms with Gasteiger partial charge in [-0.25, -0.2) is 12.7 Å². The summed E-state index contributed by atoms with van der Waals surface area (Å²) in [5.41, 5.74) is -0.00487. The molecule has 1 saturated heterocycles. The van der Waals surface area contributed by atoms with E-state index in [9.17, 15) is 8.42 Å². The Bertz CT molecular complexity index is 676. The third-order valence-corrected chi connectivity index (χ3v) is 7.84. The summed E-state index contributed by atoms with van der Waals surface area (Å²) in [5.74, 6) is 0.987. The van der Waals surface area contributed by atoms with Gasteiger partial charge in [-0.2, -0.15) is 0 Å². The number of piperidine rings is 1. The number of aliphatic imine (C=N–C) groups is 1. The molecule has 148 valence electrons. The number of thiophene rings is 1. The lowest BCUT2D eigenvalue weighted by Crippen LogP contribution is -2.50. The Kier molecular flexibility index (Phi) is 7.49. The van der Waals surface area contributed by atoms with Crippen LogP contribution in [0.1, 0.15) is 45.4 Å². The molecule has 1 aliphatic rings. The van der Waals surface area contributed by atoms with Crippen LogP contribution in [0.3, 0.4) is 0 Å². The van der Waals surface area contributed by atoms with E-state index in [0.29, 0.717) is 19.6 Å². The van der Waals surface area contributed by atoms with E-state index in [0.717, 1.165) is 25.3 Å². The van der Waals surface area contributed by atoms with Crippen LogP contribution in [0.4, 0.5) is 0 Å². The molecule has 2 heterocycles. The SMILES string of the molecule is CCNC(=NCC(C)(C)c1cccs1)NC1CCN(S(=O)(=O)CC)CC1. The van der Waals surface area contributed by atoms with Crippen molar-refractivity contribution in [3.05, 3.63) is 22.4 Å². The van der Waals surface area contributed by atoms with E-state index in [2.05, 4.69) is 48.9 Å². The van der Waals surface area contributed by atoms with Crippen LogP contribution in [0, 0.1) is 0 Å². The van der Waals surface area contributed by atoms with E-state index in [1.54, 1.807) is 22.6 Å². The topological polar surface area (TPSA) is 73.8 Å². The molecule has 0 atom stereocenters. The van der Waals surface area contributed by atoms with Gasteiger partial charge in [-0.3, -0.25) is 4.99 Å². The molecule has 0 unspecified atom stereocenters. The van der Waals surface area contributed by atoms with E-state index in [-0.39, 0.29) is 17.2 Å². The number of hydrogen-bond acceptors (Lipinski definition) is 4. The Morgan fingerprint density at radius 3 is 2.58 bits per heavy atom. The van der Waals surface area contributed by atoms with Crippen LogP contribution in [0.15, 0.2) is 22.5 Å². The first-order valence-corrected chi connectivity index (χ1v) is 11.8. The third-order valence-electron chi connectivity index (χ3n) is 4.72. The van der Waals surface area contributed by atoms with Crippen molar-refractivity contribution in [2.24, 2.45) is 4.99 Å². The molecule has 0 aliphatic carbocycles. The molecule has 6 nitrogen and oxygen atoms in total. The quantitative estimate of drug-likeness (QED) is 0.544. The molecular weight excluding hydrogens is 368 g/mol. The van der Waals surface area contributed by atoms with Crippen molar-refractivity contribution in [3.8, 4) is 0 Å². The normalized spacial score (nSPS) is 18.1. The minimum atomic E-state index is -3.08. The maximum atomic E-state index is 12.0. The van der Waals surface area contributed by atoms with Crippen LogP contribution in [-0.2, 0) is 15.4 Å². The lowest BCUT2D eigenvalue weighted by atomic mass is 9.92. The van der Waals surface area contributed by atoms with Gasteiger partial charge in [-0.1, -0.05) is 19.9 Å². The van der Waals surface area contributed by atoms with Crippen LogP contribution < -0.4 is 10.6 Å². The Hall–Kier alpha value is -1.12. The number of rotatable bonds is 7. The molecule has 0 bridgehead atoms. The predicted molar refractivity (Wildman–Crippen MR) is 111 cm³/mol. The first-order chi connectivity index (χ1) is 12.3. The molecule has 1 aromatic heterocycles. The monoisotopic (exact) mass is 400 g/mol. The summed E-state index contributed by atoms with van der Waals surface area (Å²) in [6.45, 7) is 10.8. The predicted octanol–water partition coefficient (Wildman–Crippen LogP) is 2.39. The van der Waals surface area contributed by atoms with Gasteiger partial charge in [0.1, 0.15) is 0 Å². The summed E-state index contributed by atoms with van der Waals surface area (Å²) < 4.78 is 25.6. The van der Waals surface area contributed by atoms with Crippen molar-refractivity contribution in [2.75, 3.05) is 31.9 Å². The van der Waals surface area contributed by atoms with Crippen LogP contribution in [0.5, 0.6) is 0 Å². The van der Waals surface area contributed by atoms with Crippen LogP contribution in [-0.4, -0.2) is 56.7 Å². The lowest BCUT2D eigenvalue weighted by molar-refractivity contribution is 0.306. The van der Waals surface area contributed by atoms with Gasteiger partial charge in [0, 0.05) is 36.0 Å². The summed E-state index contributed by atoms with van der Waals surface area (Å²) in [6, 6.07) is 4.48. The van der Waals surface area contributed by atoms with E-state index >= 15 is 0 Å². The van der Waals surface area contributed by atoms with E-state index in [4.69, 9.17) is 4.99 Å². The van der Waals surface area contributed by atoms with Crippen LogP contribution in [0.25, 0.3) is 0 Å². The standard InChI is InChI=1S/C18H32N4O2S2/c1-5-19-17(20-14-18(3,4)16-8-7-13-25-16)21-15-9-11-22(12-10-15)26(23,24)6-2/h7-8,13,15H,5-6,9-12,14H2,1-4H3,(H2,19,20,21). The molecule has 1 fully saturated rings. The fourth-order valence-corrected chi connectivity index (χ4v) is 4.97. The fraction of sp³-hybridized carbons (Fsp3) is 0.722. The van der Waals surface area contributed by atoms with Crippen molar-refractivity contribution < 1.29 is 8.42 Å². The zero-order chi connectivity index (χ0) is 19.2. The number of guanidine groups is 1. The van der Waals surface area contributed by atoms with Crippen molar-refractivity contribution in [1.29, 1.82) is 0 Å². The van der Waals surface area contributed by atoms with Gasteiger partial charge in [0.05, 0.1) is 12.3 Å². The Balaban J connectivity index is 1.94. The largest absolute Gasteiger partial charge is 0.357 e. The molecule has 1 aromatic rings. The van der Waals surface area contributed by atoms with Crippen molar-refractivity contribution in [3.63, 3.8) is 0 Å². The van der Waals surface area contributed by atoms with Gasteiger partial charge in [-0.05, 0) is 38.1 Å². The van der Waals surface area contributed by atoms with Gasteiger partial charge in [0.2, 0.25) is 10.0 Å². The molecule has 26 heavy (non-hydrogen) atoms. The molecule has 0 amide bonds. The van der Waals surface area contributed by atoms with Gasteiger partial charge >= 0.3 is 0 Å². The highest BCUT2D eigenvalue weighted by molar-refractivity contribution is 7.89. The van der Waals surface area contributed by atoms with E-state index < -0.39 is 10.0 Å². The molecule has 0 saturated carbocycles. The highest BCUT2D eigenvalue weighted by atomic mass is 32.2. The van der Waals surface area contributed by atoms with E-state index in [1.807, 2.05) is 0 Å². The maximum Gasteiger partial charge on any atom is 0.213 e. The van der Waals surface area contributed by atoms with Crippen LogP contribution >= 0.6 is 11.3 Å². The minimum absolute atomic E-state index is 0.00487. The van der Waals surface area contributed by atoms with Crippen molar-refractivity contribution in [1.82, 2.24) is 14.9 Å². The molecule has 0 spiro atoms. The summed E-state index contributed by atoms with van der Waals surface area (Å²) in [5, 5.41) is 8.90. The Morgan fingerprint density at radius 1 is 1.35 bits per heavy atom. The summed E-state index contributed by atoms with van der Waals surface area (Å²) >= 11 is 1.76. The minimum Gasteiger partial charge on any atom is -0.357 e. The summed E-state index contributed by atoms with van der Waals surface area (Å²) in [7, 11) is -3.08. The average molecular weight is 401 g/mol. The number of nitrogens with one attached hydrogen (secondary N) is 2. The second kappa shape index (κ2) is 9.19. The van der Waals surface area contributed by atoms with Gasteiger partial charge in [-0.15, -0.1) is 11.3 Å². The molecule has 8 heteroatoms. The number of hydrogen-bond donors (Lipinski definition) is 2. The summed E-state index contributed by atoms with van der Waals surface area (Å²) in [6.07, 6.45) is 1.61. The lowest BCUT2D eigenvalue weighted by Gasteiger charge is -2.32. The molecule has 0 aromatic carbocycles. The van der Waals surface area contributed by atoms with Gasteiger partial charge < -0.3 is 10.6 Å². The maximum absolute atomic E-state index is 12.0. The van der Waals surface area contributed by atoms with Gasteiger partial charge in [0.25, 0.3) is 0 Å². The molecular formula is C18H32N4O2S2. The number of nitrogens with zero attached hydrogens (tertiary/aromatic N) is 2. The fourth-order valence-electron chi connectivity index (χ4n) is 2.99. The zero-order valence-electron chi connectivity index (χ0n) is 16.3. The molecule has 0 radical (unpaired) electrons. The second-order valence-corrected chi connectivity index (χ2v) is 10.5. The number of sulfonamides is 1. The highest BCUT2D eigenvalue weighted by Crippen LogP contribution is 2.27. The zero-order valence-corrected chi connectivity index (χ0v) is 17.9. The third kappa shape index (κ3) is 5.69. The van der Waals surface area contributed by atoms with Crippen LogP contribution in [0.2, 0.25) is 0 Å². The Labute approximate surface area is 162 Å². The average Bonchev–Trinajstić information content (AvgIpc) is 3.16. The van der Waals surface area contributed by atoms with Crippen molar-refractivity contribution >= 4 is 27.3 Å². The van der Waals surface area contributed by atoms with E-state index in [1.165, 1.54) is 4.88 Å². The molecule has 1 aliphatic heterocycles. The Morgan fingerprint density at radius 2 is 2.04 bits per heavy atom. The highest BCUT2D eigenvalue weighted by Gasteiger charge is 2.27. The van der Waals surface area contributed by atoms with Crippen molar-refractivity contribution in [2.45, 2.75) is 52.0 Å². The second-order valence-electron chi connectivity index (χ2n) is 7.27.